The second-order valence-electron chi connectivity index (χ2n) is 4.83. The number of rotatable bonds is 4. The maximum Gasteiger partial charge on any atom is 0.253 e. The predicted molar refractivity (Wildman–Crippen MR) is 86.1 cm³/mol. The lowest BCUT2D eigenvalue weighted by atomic mass is 10.2. The van der Waals surface area contributed by atoms with Crippen LogP contribution in [0.4, 0.5) is 0 Å². The van der Waals surface area contributed by atoms with Gasteiger partial charge < -0.3 is 0 Å². The van der Waals surface area contributed by atoms with E-state index in [-0.39, 0.29) is 0 Å². The van der Waals surface area contributed by atoms with Crippen LogP contribution < -0.4 is 0 Å². The van der Waals surface area contributed by atoms with Crippen molar-refractivity contribution in [1.29, 1.82) is 0 Å². The number of thioether (sulfide) groups is 1. The lowest BCUT2D eigenvalue weighted by molar-refractivity contribution is 0.843. The summed E-state index contributed by atoms with van der Waals surface area (Å²) in [7, 11) is 0. The monoisotopic (exact) mass is 318 g/mol. The highest BCUT2D eigenvalue weighted by molar-refractivity contribution is 7.99. The van der Waals surface area contributed by atoms with Crippen LogP contribution in [0.15, 0.2) is 35.5 Å². The number of benzene rings is 1. The SMILES string of the molecule is Cc1cc(C)n2nc(SCCc3ccccc3Cl)nc2n1. The average molecular weight is 319 g/mol. The topological polar surface area (TPSA) is 43.1 Å². The van der Waals surface area contributed by atoms with E-state index in [1.165, 1.54) is 0 Å². The average Bonchev–Trinajstić information content (AvgIpc) is 2.84. The Morgan fingerprint density at radius 3 is 2.81 bits per heavy atom. The molecular formula is C15H15ClN4S. The molecule has 0 aliphatic rings. The molecule has 0 atom stereocenters. The first kappa shape index (κ1) is 14.4. The molecule has 0 fully saturated rings. The molecule has 108 valence electrons. The number of aromatic nitrogens is 4. The summed E-state index contributed by atoms with van der Waals surface area (Å²) >= 11 is 7.78. The van der Waals surface area contributed by atoms with Crippen molar-refractivity contribution >= 4 is 29.1 Å². The minimum atomic E-state index is 0.660. The minimum absolute atomic E-state index is 0.660. The highest BCUT2D eigenvalue weighted by Crippen LogP contribution is 2.20. The van der Waals surface area contributed by atoms with Crippen LogP contribution >= 0.6 is 23.4 Å². The third kappa shape index (κ3) is 3.19. The van der Waals surface area contributed by atoms with Gasteiger partial charge in [0.15, 0.2) is 0 Å². The molecule has 21 heavy (non-hydrogen) atoms. The van der Waals surface area contributed by atoms with Gasteiger partial charge in [-0.15, -0.1) is 5.10 Å². The Bertz CT molecular complexity index is 784. The number of nitrogens with zero attached hydrogens (tertiary/aromatic N) is 4. The normalized spacial score (nSPS) is 11.2. The first-order valence-electron chi connectivity index (χ1n) is 6.71. The minimum Gasteiger partial charge on any atom is -0.216 e. The Kier molecular flexibility index (Phi) is 4.12. The maximum atomic E-state index is 6.15. The van der Waals surface area contributed by atoms with Crippen molar-refractivity contribution in [2.75, 3.05) is 5.75 Å². The molecule has 2 heterocycles. The van der Waals surface area contributed by atoms with E-state index in [9.17, 15) is 0 Å². The van der Waals surface area contributed by atoms with Crippen molar-refractivity contribution in [2.45, 2.75) is 25.4 Å². The number of halogens is 1. The Balaban J connectivity index is 1.71. The summed E-state index contributed by atoms with van der Waals surface area (Å²) in [6.07, 6.45) is 0.894. The molecule has 0 radical (unpaired) electrons. The van der Waals surface area contributed by atoms with Crippen molar-refractivity contribution in [3.05, 3.63) is 52.3 Å². The van der Waals surface area contributed by atoms with Gasteiger partial charge in [0.2, 0.25) is 5.16 Å². The van der Waals surface area contributed by atoms with Gasteiger partial charge in [0.25, 0.3) is 5.78 Å². The highest BCUT2D eigenvalue weighted by Gasteiger charge is 2.08. The van der Waals surface area contributed by atoms with Gasteiger partial charge in [0.1, 0.15) is 0 Å². The summed E-state index contributed by atoms with van der Waals surface area (Å²) in [6.45, 7) is 3.97. The number of hydrogen-bond acceptors (Lipinski definition) is 4. The Morgan fingerprint density at radius 2 is 2.00 bits per heavy atom. The first-order chi connectivity index (χ1) is 10.1. The summed E-state index contributed by atoms with van der Waals surface area (Å²) in [4.78, 5) is 8.85. The van der Waals surface area contributed by atoms with Crippen molar-refractivity contribution in [3.63, 3.8) is 0 Å². The molecule has 2 aromatic heterocycles. The molecule has 6 heteroatoms. The zero-order valence-electron chi connectivity index (χ0n) is 11.9. The molecule has 3 rings (SSSR count). The van der Waals surface area contributed by atoms with E-state index < -0.39 is 0 Å². The molecule has 0 amide bonds. The van der Waals surface area contributed by atoms with Gasteiger partial charge in [0.05, 0.1) is 0 Å². The van der Waals surface area contributed by atoms with E-state index in [0.717, 1.165) is 39.3 Å². The fourth-order valence-corrected chi connectivity index (χ4v) is 3.18. The molecule has 0 N–H and O–H groups in total. The van der Waals surface area contributed by atoms with Crippen LogP contribution in [0.5, 0.6) is 0 Å². The molecule has 0 spiro atoms. The van der Waals surface area contributed by atoms with Crippen LogP contribution in [0.1, 0.15) is 17.0 Å². The lowest BCUT2D eigenvalue weighted by Gasteiger charge is -2.01. The van der Waals surface area contributed by atoms with Gasteiger partial charge in [-0.1, -0.05) is 41.6 Å². The van der Waals surface area contributed by atoms with Crippen LogP contribution in [0, 0.1) is 13.8 Å². The summed E-state index contributed by atoms with van der Waals surface area (Å²) in [5, 5.41) is 6.05. The second kappa shape index (κ2) is 6.03. The molecule has 1 aromatic carbocycles. The van der Waals surface area contributed by atoms with E-state index >= 15 is 0 Å². The predicted octanol–water partition coefficient (Wildman–Crippen LogP) is 3.73. The molecule has 0 aliphatic carbocycles. The standard InChI is InChI=1S/C15H15ClN4S/c1-10-9-11(2)20-14(17-10)18-15(19-20)21-8-7-12-5-3-4-6-13(12)16/h3-6,9H,7-8H2,1-2H3. The second-order valence-corrected chi connectivity index (χ2v) is 6.30. The van der Waals surface area contributed by atoms with Gasteiger partial charge in [-0.2, -0.15) is 4.98 Å². The Morgan fingerprint density at radius 1 is 1.19 bits per heavy atom. The number of hydrogen-bond donors (Lipinski definition) is 0. The zero-order valence-corrected chi connectivity index (χ0v) is 13.4. The number of aryl methyl sites for hydroxylation is 3. The van der Waals surface area contributed by atoms with Crippen LogP contribution in [0.2, 0.25) is 5.02 Å². The zero-order chi connectivity index (χ0) is 14.8. The van der Waals surface area contributed by atoms with E-state index in [1.807, 2.05) is 38.1 Å². The molecule has 0 bridgehead atoms. The van der Waals surface area contributed by atoms with Gasteiger partial charge in [-0.25, -0.2) is 9.50 Å². The van der Waals surface area contributed by atoms with Crippen molar-refractivity contribution in [3.8, 4) is 0 Å². The Labute approximate surface area is 132 Å². The van der Waals surface area contributed by atoms with Crippen LogP contribution in [0.25, 0.3) is 5.78 Å². The summed E-state index contributed by atoms with van der Waals surface area (Å²) in [5.74, 6) is 1.55. The molecule has 0 saturated carbocycles. The third-order valence-corrected chi connectivity index (χ3v) is 4.37. The summed E-state index contributed by atoms with van der Waals surface area (Å²) < 4.78 is 1.78. The molecule has 0 unspecified atom stereocenters. The molecule has 3 aromatic rings. The highest BCUT2D eigenvalue weighted by atomic mass is 35.5. The maximum absolute atomic E-state index is 6.15. The van der Waals surface area contributed by atoms with Gasteiger partial charge in [0, 0.05) is 22.2 Å². The van der Waals surface area contributed by atoms with Crippen molar-refractivity contribution in [1.82, 2.24) is 19.6 Å². The largest absolute Gasteiger partial charge is 0.253 e. The fraction of sp³-hybridized carbons (Fsp3) is 0.267. The molecule has 0 aliphatic heterocycles. The molecule has 0 saturated heterocycles. The molecule has 4 nitrogen and oxygen atoms in total. The smallest absolute Gasteiger partial charge is 0.216 e. The molecular weight excluding hydrogens is 304 g/mol. The lowest BCUT2D eigenvalue weighted by Crippen LogP contribution is -1.97. The Hall–Kier alpha value is -1.59. The number of fused-ring (bicyclic) bond motifs is 1. The van der Waals surface area contributed by atoms with Crippen LogP contribution in [0.3, 0.4) is 0 Å². The van der Waals surface area contributed by atoms with E-state index in [1.54, 1.807) is 16.3 Å². The van der Waals surface area contributed by atoms with E-state index in [0.29, 0.717) is 5.78 Å². The quantitative estimate of drug-likeness (QED) is 0.687. The van der Waals surface area contributed by atoms with Gasteiger partial charge in [-0.05, 0) is 38.0 Å². The third-order valence-electron chi connectivity index (χ3n) is 3.16. The van der Waals surface area contributed by atoms with Gasteiger partial charge in [-0.3, -0.25) is 0 Å². The summed E-state index contributed by atoms with van der Waals surface area (Å²) in [6, 6.07) is 9.92. The van der Waals surface area contributed by atoms with Crippen LogP contribution in [-0.4, -0.2) is 25.3 Å². The van der Waals surface area contributed by atoms with E-state index in [4.69, 9.17) is 11.6 Å². The van der Waals surface area contributed by atoms with Crippen LogP contribution in [-0.2, 0) is 6.42 Å². The van der Waals surface area contributed by atoms with Gasteiger partial charge >= 0.3 is 0 Å². The van der Waals surface area contributed by atoms with E-state index in [2.05, 4.69) is 21.1 Å². The summed E-state index contributed by atoms with van der Waals surface area (Å²) in [5.41, 5.74) is 3.16. The first-order valence-corrected chi connectivity index (χ1v) is 8.07. The van der Waals surface area contributed by atoms with Crippen molar-refractivity contribution < 1.29 is 0 Å². The van der Waals surface area contributed by atoms with Crippen molar-refractivity contribution in [2.24, 2.45) is 0 Å². The fourth-order valence-electron chi connectivity index (χ4n) is 2.16.